The van der Waals surface area contributed by atoms with Gasteiger partial charge in [0.25, 0.3) is 0 Å². The number of carbonyl (C=O) groups excluding carboxylic acids is 1. The predicted octanol–water partition coefficient (Wildman–Crippen LogP) is 3.41. The average Bonchev–Trinajstić information content (AvgIpc) is 3.27. The summed E-state index contributed by atoms with van der Waals surface area (Å²) in [5, 5.41) is 14.1. The summed E-state index contributed by atoms with van der Waals surface area (Å²) in [6, 6.07) is 9.36. The minimum Gasteiger partial charge on any atom is -0.481 e. The molecule has 3 heterocycles. The van der Waals surface area contributed by atoms with Crippen LogP contribution in [0.25, 0.3) is 11.0 Å². The van der Waals surface area contributed by atoms with Gasteiger partial charge in [-0.2, -0.15) is 4.98 Å². The first-order valence-corrected chi connectivity index (χ1v) is 12.7. The Morgan fingerprint density at radius 1 is 1.16 bits per heavy atom. The summed E-state index contributed by atoms with van der Waals surface area (Å²) in [7, 11) is 3.91. The Kier molecular flexibility index (Phi) is 6.63. The normalized spacial score (nSPS) is 19.7. The fraction of sp³-hybridized carbons (Fsp3) is 0.481. The summed E-state index contributed by atoms with van der Waals surface area (Å²) in [6.07, 6.45) is 7.09. The van der Waals surface area contributed by atoms with Gasteiger partial charge in [0.2, 0.25) is 11.9 Å². The number of carboxylic acid groups (broad SMARTS) is 1. The minimum atomic E-state index is -1.03. The maximum atomic E-state index is 12.2. The van der Waals surface area contributed by atoms with E-state index in [4.69, 9.17) is 15.5 Å². The van der Waals surface area contributed by atoms with Crippen LogP contribution in [0.4, 0.5) is 11.6 Å². The van der Waals surface area contributed by atoms with Gasteiger partial charge in [0.15, 0.2) is 0 Å². The van der Waals surface area contributed by atoms with Crippen LogP contribution in [0.3, 0.4) is 0 Å². The number of carbonyl (C=O) groups is 2. The molecule has 1 unspecified atom stereocenters. The molecule has 3 aromatic rings. The molecule has 1 atom stereocenters. The van der Waals surface area contributed by atoms with Crippen LogP contribution in [0, 0.1) is 5.41 Å². The number of piperidine rings is 1. The molecule has 1 aromatic carbocycles. The molecule has 1 aliphatic carbocycles. The third-order valence-corrected chi connectivity index (χ3v) is 8.35. The molecule has 2 aliphatic rings. The van der Waals surface area contributed by atoms with Gasteiger partial charge in [-0.05, 0) is 56.5 Å². The molecule has 1 aliphatic heterocycles. The lowest BCUT2D eigenvalue weighted by Gasteiger charge is -2.44. The van der Waals surface area contributed by atoms with Crippen molar-refractivity contribution < 1.29 is 19.4 Å². The maximum Gasteiger partial charge on any atom is 0.311 e. The van der Waals surface area contributed by atoms with Crippen molar-refractivity contribution in [2.24, 2.45) is 11.1 Å². The number of carboxylic acids is 1. The molecule has 4 N–H and O–H groups in total. The number of fused-ring (bicyclic) bond motifs is 1. The summed E-state index contributed by atoms with van der Waals surface area (Å²) in [6.45, 7) is 1.97. The van der Waals surface area contributed by atoms with Crippen molar-refractivity contribution >= 4 is 34.5 Å². The Morgan fingerprint density at radius 3 is 2.43 bits per heavy atom. The molecule has 5 rings (SSSR count). The van der Waals surface area contributed by atoms with E-state index in [1.165, 1.54) is 0 Å². The number of amides is 1. The number of aromatic nitrogens is 3. The van der Waals surface area contributed by atoms with Crippen molar-refractivity contribution in [3.8, 4) is 0 Å². The smallest absolute Gasteiger partial charge is 0.311 e. The third-order valence-electron chi connectivity index (χ3n) is 8.35. The number of rotatable bonds is 9. The maximum absolute atomic E-state index is 12.2. The van der Waals surface area contributed by atoms with E-state index in [1.54, 1.807) is 24.1 Å². The molecule has 10 heteroatoms. The van der Waals surface area contributed by atoms with Crippen LogP contribution in [0.15, 0.2) is 42.7 Å². The van der Waals surface area contributed by atoms with Gasteiger partial charge >= 0.3 is 5.97 Å². The van der Waals surface area contributed by atoms with E-state index >= 15 is 0 Å². The number of aliphatic carboxylic acids is 1. The van der Waals surface area contributed by atoms with Gasteiger partial charge in [0.1, 0.15) is 5.65 Å². The molecule has 1 amide bonds. The Bertz CT molecular complexity index is 1290. The third kappa shape index (κ3) is 4.55. The van der Waals surface area contributed by atoms with Crippen molar-refractivity contribution in [3.63, 3.8) is 0 Å². The number of anilines is 2. The molecule has 2 fully saturated rings. The number of primary amides is 1. The SMILES string of the molecule is COC1(c2ccc(Nc3ncc4ccn(C(CC(N)=O)C5(C(=O)O)CCC5)c4n3)cc2)CCN(C)CC1. The first-order valence-electron chi connectivity index (χ1n) is 12.7. The van der Waals surface area contributed by atoms with Crippen molar-refractivity contribution in [3.05, 3.63) is 48.3 Å². The van der Waals surface area contributed by atoms with Crippen LogP contribution < -0.4 is 11.1 Å². The van der Waals surface area contributed by atoms with E-state index in [9.17, 15) is 14.7 Å². The van der Waals surface area contributed by atoms with Crippen LogP contribution >= 0.6 is 0 Å². The standard InChI is InChI=1S/C27H34N6O4/c1-32-14-11-27(37-2,12-15-32)19-4-6-20(7-5-19)30-25-29-17-18-8-13-33(23(18)31-25)21(16-22(28)34)26(24(35)36)9-3-10-26/h4-8,13,17,21H,3,9-12,14-16H2,1-2H3,(H2,28,34)(H,35,36)(H,29,30,31). The fourth-order valence-electron chi connectivity index (χ4n) is 5.82. The largest absolute Gasteiger partial charge is 0.481 e. The molecule has 0 spiro atoms. The fourth-order valence-corrected chi connectivity index (χ4v) is 5.82. The lowest BCUT2D eigenvalue weighted by molar-refractivity contribution is -0.159. The molecule has 196 valence electrons. The highest BCUT2D eigenvalue weighted by molar-refractivity contribution is 5.82. The van der Waals surface area contributed by atoms with Crippen molar-refractivity contribution in [1.82, 2.24) is 19.4 Å². The Morgan fingerprint density at radius 2 is 1.86 bits per heavy atom. The zero-order valence-corrected chi connectivity index (χ0v) is 21.3. The molecule has 0 bridgehead atoms. The van der Waals surface area contributed by atoms with Gasteiger partial charge < -0.3 is 30.4 Å². The zero-order chi connectivity index (χ0) is 26.2. The Labute approximate surface area is 215 Å². The summed E-state index contributed by atoms with van der Waals surface area (Å²) in [5.74, 6) is -1.06. The van der Waals surface area contributed by atoms with Crippen LogP contribution in [0.5, 0.6) is 0 Å². The van der Waals surface area contributed by atoms with Gasteiger partial charge in [-0.15, -0.1) is 0 Å². The number of likely N-dealkylation sites (tertiary alicyclic amines) is 1. The first kappa shape index (κ1) is 25.2. The topological polar surface area (TPSA) is 136 Å². The summed E-state index contributed by atoms with van der Waals surface area (Å²) < 4.78 is 7.77. The Hall–Kier alpha value is -3.50. The van der Waals surface area contributed by atoms with Gasteiger partial charge in [0, 0.05) is 50.1 Å². The first-order chi connectivity index (χ1) is 17.8. The lowest BCUT2D eigenvalue weighted by Crippen LogP contribution is -2.46. The number of nitrogens with one attached hydrogen (secondary N) is 1. The zero-order valence-electron chi connectivity index (χ0n) is 21.3. The van der Waals surface area contributed by atoms with Crippen LogP contribution in [-0.2, 0) is 19.9 Å². The van der Waals surface area contributed by atoms with Crippen LogP contribution in [0.2, 0.25) is 0 Å². The molecule has 2 aromatic heterocycles. The second-order valence-corrected chi connectivity index (χ2v) is 10.4. The van der Waals surface area contributed by atoms with Gasteiger partial charge in [-0.25, -0.2) is 4.98 Å². The van der Waals surface area contributed by atoms with Crippen LogP contribution in [0.1, 0.15) is 50.1 Å². The number of ether oxygens (including phenoxy) is 1. The van der Waals surface area contributed by atoms with Crippen molar-refractivity contribution in [2.75, 3.05) is 32.6 Å². The highest BCUT2D eigenvalue weighted by Crippen LogP contribution is 2.51. The molecule has 1 saturated carbocycles. The van der Waals surface area contributed by atoms with E-state index in [1.807, 2.05) is 18.2 Å². The number of benzene rings is 1. The molecule has 10 nitrogen and oxygen atoms in total. The lowest BCUT2D eigenvalue weighted by atomic mass is 9.63. The molecule has 37 heavy (non-hydrogen) atoms. The second-order valence-electron chi connectivity index (χ2n) is 10.4. The van der Waals surface area contributed by atoms with Gasteiger partial charge in [0.05, 0.1) is 17.1 Å². The quantitative estimate of drug-likeness (QED) is 0.402. The second kappa shape index (κ2) is 9.75. The van der Waals surface area contributed by atoms with E-state index in [0.29, 0.717) is 24.4 Å². The molecule has 1 saturated heterocycles. The number of methoxy groups -OCH3 is 1. The monoisotopic (exact) mass is 506 g/mol. The van der Waals surface area contributed by atoms with Crippen molar-refractivity contribution in [1.29, 1.82) is 0 Å². The minimum absolute atomic E-state index is 0.0681. The van der Waals surface area contributed by atoms with E-state index < -0.39 is 23.3 Å². The number of hydrogen-bond donors (Lipinski definition) is 3. The number of nitrogens with zero attached hydrogens (tertiary/aromatic N) is 4. The summed E-state index contributed by atoms with van der Waals surface area (Å²) >= 11 is 0. The van der Waals surface area contributed by atoms with Crippen LogP contribution in [-0.4, -0.2) is 63.7 Å². The number of nitrogens with two attached hydrogens (primary N) is 1. The Balaban J connectivity index is 1.41. The highest BCUT2D eigenvalue weighted by atomic mass is 16.5. The van der Waals surface area contributed by atoms with Gasteiger partial charge in [-0.3, -0.25) is 9.59 Å². The molecular formula is C27H34N6O4. The molecule has 0 radical (unpaired) electrons. The van der Waals surface area contributed by atoms with E-state index in [-0.39, 0.29) is 12.0 Å². The van der Waals surface area contributed by atoms with E-state index in [0.717, 1.165) is 49.0 Å². The summed E-state index contributed by atoms with van der Waals surface area (Å²) in [5.41, 5.74) is 6.78. The van der Waals surface area contributed by atoms with Crippen molar-refractivity contribution in [2.45, 2.75) is 50.2 Å². The summed E-state index contributed by atoms with van der Waals surface area (Å²) in [4.78, 5) is 35.6. The van der Waals surface area contributed by atoms with E-state index in [2.05, 4.69) is 34.4 Å². The highest BCUT2D eigenvalue weighted by Gasteiger charge is 2.52. The average molecular weight is 507 g/mol. The molecular weight excluding hydrogens is 472 g/mol. The van der Waals surface area contributed by atoms with Gasteiger partial charge in [-0.1, -0.05) is 18.6 Å². The number of hydrogen-bond acceptors (Lipinski definition) is 7. The predicted molar refractivity (Wildman–Crippen MR) is 139 cm³/mol.